The first-order valence-electron chi connectivity index (χ1n) is 18.5. The molecule has 51 heavy (non-hydrogen) atoms. The van der Waals surface area contributed by atoms with Crippen molar-refractivity contribution in [3.05, 3.63) is 180 Å². The van der Waals surface area contributed by atoms with Crippen molar-refractivity contribution >= 4 is 45.1 Å². The van der Waals surface area contributed by atoms with E-state index in [1.54, 1.807) is 0 Å². The number of hydrogen-bond acceptors (Lipinski definition) is 1. The zero-order valence-electron chi connectivity index (χ0n) is 30.9. The first-order valence-corrected chi connectivity index (χ1v) is 18.5. The molecule has 8 rings (SSSR count). The molecule has 5 aromatic carbocycles. The van der Waals surface area contributed by atoms with E-state index in [1.165, 1.54) is 66.1 Å². The normalized spacial score (nSPS) is 15.0. The summed E-state index contributed by atoms with van der Waals surface area (Å²) < 4.78 is 2.55. The average molecular weight is 663 g/mol. The molecule has 2 aliphatic heterocycles. The molecule has 3 heteroatoms. The number of fused-ring (bicyclic) bond motifs is 5. The van der Waals surface area contributed by atoms with Crippen LogP contribution in [0.5, 0.6) is 0 Å². The van der Waals surface area contributed by atoms with E-state index in [-0.39, 0.29) is 17.5 Å². The van der Waals surface area contributed by atoms with Crippen molar-refractivity contribution in [3.63, 3.8) is 0 Å². The average Bonchev–Trinajstić information content (AvgIpc) is 3.48. The van der Waals surface area contributed by atoms with Gasteiger partial charge in [-0.25, -0.2) is 0 Å². The molecule has 2 nitrogen and oxygen atoms in total. The fraction of sp³-hybridized carbons (Fsp3) is 0.208. The van der Waals surface area contributed by atoms with Gasteiger partial charge < -0.3 is 9.47 Å². The Morgan fingerprint density at radius 3 is 1.96 bits per heavy atom. The van der Waals surface area contributed by atoms with E-state index in [1.807, 2.05) is 0 Å². The molecule has 0 saturated carbocycles. The second-order valence-electron chi connectivity index (χ2n) is 15.3. The molecule has 0 amide bonds. The minimum absolute atomic E-state index is 0.0499. The highest BCUT2D eigenvalue weighted by Gasteiger charge is 2.44. The van der Waals surface area contributed by atoms with Crippen LogP contribution in [0.2, 0.25) is 0 Å². The highest BCUT2D eigenvalue weighted by Crippen LogP contribution is 2.44. The zero-order valence-corrected chi connectivity index (χ0v) is 30.9. The molecule has 0 radical (unpaired) electrons. The largest absolute Gasteiger partial charge is 0.313 e. The Bertz CT molecular complexity index is 2420. The Morgan fingerprint density at radius 2 is 1.31 bits per heavy atom. The first-order chi connectivity index (χ1) is 24.6. The predicted octanol–water partition coefficient (Wildman–Crippen LogP) is 11.0. The van der Waals surface area contributed by atoms with Crippen LogP contribution in [0.15, 0.2) is 157 Å². The van der Waals surface area contributed by atoms with Gasteiger partial charge in [0.2, 0.25) is 0 Å². The zero-order chi connectivity index (χ0) is 35.7. The molecule has 0 aliphatic carbocycles. The summed E-state index contributed by atoms with van der Waals surface area (Å²) in [5.74, 6) is 0. The summed E-state index contributed by atoms with van der Waals surface area (Å²) in [4.78, 5) is 2.29. The van der Waals surface area contributed by atoms with Crippen molar-refractivity contribution in [3.8, 4) is 5.69 Å². The quantitative estimate of drug-likeness (QED) is 0.116. The maximum absolute atomic E-state index is 4.78. The molecule has 0 saturated heterocycles. The monoisotopic (exact) mass is 662 g/mol. The van der Waals surface area contributed by atoms with Gasteiger partial charge in [0.25, 0.3) is 6.71 Å². The number of aromatic nitrogens is 1. The molecule has 0 spiro atoms. The summed E-state index contributed by atoms with van der Waals surface area (Å²) in [6.07, 6.45) is 8.61. The topological polar surface area (TPSA) is 8.17 Å². The van der Waals surface area contributed by atoms with Crippen LogP contribution in [-0.4, -0.2) is 11.3 Å². The third-order valence-electron chi connectivity index (χ3n) is 11.6. The van der Waals surface area contributed by atoms with Crippen LogP contribution in [0.3, 0.4) is 0 Å². The number of allylic oxidation sites excluding steroid dienone is 4. The van der Waals surface area contributed by atoms with Gasteiger partial charge in [0, 0.05) is 49.9 Å². The number of rotatable bonds is 8. The van der Waals surface area contributed by atoms with Gasteiger partial charge in [-0.15, -0.1) is 0 Å². The van der Waals surface area contributed by atoms with E-state index >= 15 is 0 Å². The van der Waals surface area contributed by atoms with Gasteiger partial charge in [0.1, 0.15) is 0 Å². The second-order valence-corrected chi connectivity index (χ2v) is 15.3. The maximum Gasteiger partial charge on any atom is 0.251 e. The minimum atomic E-state index is -0.216. The van der Waals surface area contributed by atoms with Crippen LogP contribution in [-0.2, 0) is 10.8 Å². The van der Waals surface area contributed by atoms with E-state index in [0.717, 1.165) is 29.9 Å². The number of benzene rings is 5. The fourth-order valence-corrected chi connectivity index (χ4v) is 8.70. The lowest BCUT2D eigenvalue weighted by Gasteiger charge is -2.42. The van der Waals surface area contributed by atoms with E-state index in [0.29, 0.717) is 0 Å². The Kier molecular flexibility index (Phi) is 7.87. The van der Waals surface area contributed by atoms with E-state index < -0.39 is 0 Å². The number of hydrogen-bond donors (Lipinski definition) is 0. The molecule has 1 aromatic heterocycles. The van der Waals surface area contributed by atoms with Crippen LogP contribution in [0.1, 0.15) is 76.6 Å². The smallest absolute Gasteiger partial charge is 0.251 e. The van der Waals surface area contributed by atoms with E-state index in [2.05, 4.69) is 185 Å². The molecule has 252 valence electrons. The fourth-order valence-electron chi connectivity index (χ4n) is 8.70. The highest BCUT2D eigenvalue weighted by molar-refractivity contribution is 6.96. The van der Waals surface area contributed by atoms with Crippen molar-refractivity contribution < 1.29 is 0 Å². The Hall–Kier alpha value is -5.28. The molecule has 6 aromatic rings. The summed E-state index contributed by atoms with van der Waals surface area (Å²) in [7, 11) is 0. The van der Waals surface area contributed by atoms with Gasteiger partial charge in [-0.1, -0.05) is 146 Å². The van der Waals surface area contributed by atoms with E-state index in [9.17, 15) is 0 Å². The minimum Gasteiger partial charge on any atom is -0.313 e. The second kappa shape index (κ2) is 12.2. The molecule has 3 heterocycles. The predicted molar refractivity (Wildman–Crippen MR) is 222 cm³/mol. The van der Waals surface area contributed by atoms with Crippen LogP contribution in [0, 0.1) is 0 Å². The molecular weight excluding hydrogens is 615 g/mol. The van der Waals surface area contributed by atoms with Gasteiger partial charge in [0.05, 0.1) is 5.52 Å². The molecular formula is C48H47BN2. The van der Waals surface area contributed by atoms with Crippen LogP contribution in [0.4, 0.5) is 5.69 Å². The van der Waals surface area contributed by atoms with Crippen molar-refractivity contribution in [1.82, 2.24) is 4.57 Å². The lowest BCUT2D eigenvalue weighted by atomic mass is 9.32. The van der Waals surface area contributed by atoms with Crippen molar-refractivity contribution in [2.75, 3.05) is 4.90 Å². The Morgan fingerprint density at radius 1 is 0.686 bits per heavy atom. The van der Waals surface area contributed by atoms with Gasteiger partial charge in [-0.05, 0) is 87.9 Å². The van der Waals surface area contributed by atoms with Crippen LogP contribution >= 0.6 is 0 Å². The summed E-state index contributed by atoms with van der Waals surface area (Å²) in [5, 5.41) is 2.60. The molecule has 2 aliphatic rings. The lowest BCUT2D eigenvalue weighted by Crippen LogP contribution is -2.56. The molecule has 0 fully saturated rings. The Balaban J connectivity index is 1.49. The van der Waals surface area contributed by atoms with Gasteiger partial charge in [-0.3, -0.25) is 0 Å². The van der Waals surface area contributed by atoms with Gasteiger partial charge >= 0.3 is 0 Å². The maximum atomic E-state index is 4.78. The molecule has 0 atom stereocenters. The molecule has 0 bridgehead atoms. The summed E-state index contributed by atoms with van der Waals surface area (Å²) >= 11 is 0. The highest BCUT2D eigenvalue weighted by atomic mass is 15.2. The van der Waals surface area contributed by atoms with Crippen molar-refractivity contribution in [1.29, 1.82) is 0 Å². The van der Waals surface area contributed by atoms with Crippen molar-refractivity contribution in [2.24, 2.45) is 0 Å². The van der Waals surface area contributed by atoms with Gasteiger partial charge in [0.15, 0.2) is 0 Å². The summed E-state index contributed by atoms with van der Waals surface area (Å²) in [5.41, 5.74) is 15.7. The summed E-state index contributed by atoms with van der Waals surface area (Å²) in [6, 6.07) is 40.8. The van der Waals surface area contributed by atoms with Crippen molar-refractivity contribution in [2.45, 2.75) is 65.2 Å². The van der Waals surface area contributed by atoms with Crippen LogP contribution in [0.25, 0.3) is 27.5 Å². The first kappa shape index (κ1) is 32.9. The lowest BCUT2D eigenvalue weighted by molar-refractivity contribution is 0.641. The molecule has 0 N–H and O–H groups in total. The molecule has 0 unspecified atom stereocenters. The third-order valence-corrected chi connectivity index (χ3v) is 11.6. The SMILES string of the molecule is C=C(/C=C\CC)N1C(=C)/C(=C\CC)B2c3c1cccc3-n1c3ccc(C(C)(C)c4ccccc4)cc3c3cc(C(C)(C)c4ccccc4)cc2c31. The number of anilines is 1. The van der Waals surface area contributed by atoms with Gasteiger partial charge in [-0.2, -0.15) is 0 Å². The third kappa shape index (κ3) is 4.93. The summed E-state index contributed by atoms with van der Waals surface area (Å²) in [6.45, 7) is 23.2. The number of nitrogens with zero attached hydrogens (tertiary/aromatic N) is 2. The standard InChI is InChI=1S/C48H47BN2/c1-9-11-20-32(3)50-33(4)40(19-10-2)49-41-31-37(48(7,8)35-23-16-13-17-24-35)30-39-38-29-36(47(5,6)34-21-14-12-15-22-34)27-28-42(38)51(46(39)41)44-26-18-25-43(50)45(44)49/h11-31H,3-4,9-10H2,1-2,5-8H3/b20-11-,40-19+. The van der Waals surface area contributed by atoms with E-state index in [4.69, 9.17) is 6.58 Å². The van der Waals surface area contributed by atoms with Crippen LogP contribution < -0.4 is 15.8 Å². The Labute approximate surface area is 304 Å².